The second-order valence-electron chi connectivity index (χ2n) is 6.63. The average Bonchev–Trinajstić information content (AvgIpc) is 2.43. The first-order valence-corrected chi connectivity index (χ1v) is 10.6. The van der Waals surface area contributed by atoms with E-state index >= 15 is 0 Å². The summed E-state index contributed by atoms with van der Waals surface area (Å²) in [6.07, 6.45) is 2.42. The van der Waals surface area contributed by atoms with Crippen molar-refractivity contribution >= 4 is 19.3 Å². The molecule has 0 fully saturated rings. The van der Waals surface area contributed by atoms with E-state index in [0.717, 1.165) is 0 Å². The summed E-state index contributed by atoms with van der Waals surface area (Å²) < 4.78 is 0. The highest BCUT2D eigenvalue weighted by Gasteiger charge is 2.25. The molecule has 0 saturated heterocycles. The maximum atomic E-state index is 2.44. The van der Waals surface area contributed by atoms with Gasteiger partial charge in [0.1, 0.15) is 8.07 Å². The fourth-order valence-electron chi connectivity index (χ4n) is 2.90. The van der Waals surface area contributed by atoms with Crippen LogP contribution in [-0.4, -0.2) is 8.07 Å². The Balaban J connectivity index is 2.47. The van der Waals surface area contributed by atoms with Crippen molar-refractivity contribution in [2.24, 2.45) is 0 Å². The molecule has 0 nitrogen and oxygen atoms in total. The molecule has 0 atom stereocenters. The summed E-state index contributed by atoms with van der Waals surface area (Å²) in [6.45, 7) is 13.8. The Morgan fingerprint density at radius 2 is 1.43 bits per heavy atom. The molecule has 21 heavy (non-hydrogen) atoms. The Kier molecular flexibility index (Phi) is 4.53. The zero-order chi connectivity index (χ0) is 15.6. The Hall–Kier alpha value is -1.60. The molecular formula is C20H26Si. The summed E-state index contributed by atoms with van der Waals surface area (Å²) in [6, 6.07) is 15.5. The molecule has 0 radical (unpaired) electrons. The Morgan fingerprint density at radius 1 is 0.905 bits per heavy atom. The van der Waals surface area contributed by atoms with Crippen LogP contribution < -0.4 is 5.19 Å². The van der Waals surface area contributed by atoms with Gasteiger partial charge in [-0.1, -0.05) is 77.6 Å². The van der Waals surface area contributed by atoms with E-state index in [2.05, 4.69) is 89.3 Å². The average molecular weight is 295 g/mol. The predicted molar refractivity (Wildman–Crippen MR) is 97.9 cm³/mol. The van der Waals surface area contributed by atoms with Gasteiger partial charge in [-0.15, -0.1) is 0 Å². The number of rotatable bonds is 3. The van der Waals surface area contributed by atoms with E-state index in [-0.39, 0.29) is 0 Å². The first-order chi connectivity index (χ1) is 9.82. The van der Waals surface area contributed by atoms with Crippen LogP contribution in [0.5, 0.6) is 0 Å². The summed E-state index contributed by atoms with van der Waals surface area (Å²) >= 11 is 0. The molecule has 0 bridgehead atoms. The molecule has 110 valence electrons. The van der Waals surface area contributed by atoms with Gasteiger partial charge >= 0.3 is 0 Å². The van der Waals surface area contributed by atoms with Gasteiger partial charge in [0, 0.05) is 0 Å². The summed E-state index contributed by atoms with van der Waals surface area (Å²) in [5, 5.41) is 3.03. The van der Waals surface area contributed by atoms with Crippen LogP contribution in [0.2, 0.25) is 13.1 Å². The van der Waals surface area contributed by atoms with Gasteiger partial charge < -0.3 is 0 Å². The Labute approximate surface area is 130 Å². The zero-order valence-electron chi connectivity index (χ0n) is 14.1. The number of hydrogen-bond donors (Lipinski definition) is 0. The lowest BCUT2D eigenvalue weighted by atomic mass is 9.99. The number of allylic oxidation sites excluding steroid dienone is 1. The van der Waals surface area contributed by atoms with E-state index in [0.29, 0.717) is 0 Å². The molecular weight excluding hydrogens is 268 g/mol. The van der Waals surface area contributed by atoms with E-state index in [4.69, 9.17) is 0 Å². The largest absolute Gasteiger partial charge is 0.107 e. The van der Waals surface area contributed by atoms with Crippen molar-refractivity contribution < 1.29 is 0 Å². The van der Waals surface area contributed by atoms with E-state index < -0.39 is 8.07 Å². The fraction of sp³-hybridized carbons (Fsp3) is 0.300. The second-order valence-corrected chi connectivity index (χ2v) is 11.2. The molecule has 0 aromatic heterocycles. The van der Waals surface area contributed by atoms with Gasteiger partial charge in [0.05, 0.1) is 0 Å². The van der Waals surface area contributed by atoms with Gasteiger partial charge in [-0.3, -0.25) is 0 Å². The second kappa shape index (κ2) is 6.03. The van der Waals surface area contributed by atoms with Gasteiger partial charge in [0.25, 0.3) is 0 Å². The van der Waals surface area contributed by atoms with Crippen LogP contribution in [0.4, 0.5) is 0 Å². The Morgan fingerprint density at radius 3 is 1.95 bits per heavy atom. The Bertz CT molecular complexity index is 640. The SMILES string of the molecule is C/C(=C/c1c(C)cc(C)cc1C)[Si](C)(C)c1ccccc1. The summed E-state index contributed by atoms with van der Waals surface area (Å²) in [5.41, 5.74) is 5.50. The van der Waals surface area contributed by atoms with E-state index in [1.165, 1.54) is 32.6 Å². The lowest BCUT2D eigenvalue weighted by Gasteiger charge is -2.25. The van der Waals surface area contributed by atoms with Gasteiger partial charge in [-0.05, 0) is 44.4 Å². The molecule has 2 rings (SSSR count). The molecule has 0 aliphatic heterocycles. The van der Waals surface area contributed by atoms with Crippen LogP contribution in [0.1, 0.15) is 29.2 Å². The highest BCUT2D eigenvalue weighted by atomic mass is 28.3. The summed E-state index contributed by atoms with van der Waals surface area (Å²) in [5.74, 6) is 0. The van der Waals surface area contributed by atoms with Gasteiger partial charge in [-0.25, -0.2) is 0 Å². The minimum atomic E-state index is -1.56. The summed E-state index contributed by atoms with van der Waals surface area (Å²) in [7, 11) is -1.56. The molecule has 0 saturated carbocycles. The van der Waals surface area contributed by atoms with Crippen molar-refractivity contribution in [2.45, 2.75) is 40.8 Å². The minimum Gasteiger partial charge on any atom is -0.0785 e. The molecule has 0 amide bonds. The molecule has 2 aromatic rings. The smallest absolute Gasteiger partial charge is 0.0785 e. The molecule has 0 unspecified atom stereocenters. The first-order valence-electron chi connectivity index (χ1n) is 7.64. The van der Waals surface area contributed by atoms with Crippen molar-refractivity contribution in [3.8, 4) is 0 Å². The third-order valence-corrected chi connectivity index (χ3v) is 8.47. The topological polar surface area (TPSA) is 0 Å². The first kappa shape index (κ1) is 15.8. The fourth-order valence-corrected chi connectivity index (χ4v) is 4.88. The van der Waals surface area contributed by atoms with Gasteiger partial charge in [0.15, 0.2) is 0 Å². The van der Waals surface area contributed by atoms with E-state index in [1.807, 2.05) is 0 Å². The molecule has 0 aliphatic rings. The highest BCUT2D eigenvalue weighted by molar-refractivity contribution is 6.96. The number of aryl methyl sites for hydroxylation is 3. The third kappa shape index (κ3) is 3.35. The van der Waals surface area contributed by atoms with Crippen LogP contribution >= 0.6 is 0 Å². The lowest BCUT2D eigenvalue weighted by molar-refractivity contribution is 1.30. The van der Waals surface area contributed by atoms with Crippen molar-refractivity contribution in [1.29, 1.82) is 0 Å². The molecule has 0 N–H and O–H groups in total. The standard InChI is InChI=1S/C20H26Si/c1-15-12-16(2)20(17(3)13-15)14-18(4)21(5,6)19-10-8-7-9-11-19/h7-14H,1-6H3/b18-14-. The number of hydrogen-bond acceptors (Lipinski definition) is 0. The third-order valence-electron chi connectivity index (χ3n) is 4.58. The molecule has 0 heterocycles. The minimum absolute atomic E-state index is 1.35. The predicted octanol–water partition coefficient (Wildman–Crippen LogP) is 5.17. The van der Waals surface area contributed by atoms with Gasteiger partial charge in [0.2, 0.25) is 0 Å². The lowest BCUT2D eigenvalue weighted by Crippen LogP contribution is -2.42. The molecule has 2 aromatic carbocycles. The number of benzene rings is 2. The maximum Gasteiger partial charge on any atom is 0.107 e. The van der Waals surface area contributed by atoms with Crippen LogP contribution in [0, 0.1) is 20.8 Å². The van der Waals surface area contributed by atoms with Crippen LogP contribution in [0.25, 0.3) is 6.08 Å². The summed E-state index contributed by atoms with van der Waals surface area (Å²) in [4.78, 5) is 0. The van der Waals surface area contributed by atoms with Crippen molar-refractivity contribution in [3.63, 3.8) is 0 Å². The van der Waals surface area contributed by atoms with Crippen molar-refractivity contribution in [1.82, 2.24) is 0 Å². The quantitative estimate of drug-likeness (QED) is 0.685. The van der Waals surface area contributed by atoms with Crippen molar-refractivity contribution in [3.05, 3.63) is 69.9 Å². The van der Waals surface area contributed by atoms with Crippen LogP contribution in [0.15, 0.2) is 47.7 Å². The van der Waals surface area contributed by atoms with Gasteiger partial charge in [-0.2, -0.15) is 0 Å². The monoisotopic (exact) mass is 294 g/mol. The zero-order valence-corrected chi connectivity index (χ0v) is 15.1. The normalized spacial score (nSPS) is 12.6. The van der Waals surface area contributed by atoms with E-state index in [1.54, 1.807) is 0 Å². The maximum absolute atomic E-state index is 2.44. The van der Waals surface area contributed by atoms with Crippen LogP contribution in [-0.2, 0) is 0 Å². The molecule has 1 heteroatoms. The molecule has 0 spiro atoms. The highest BCUT2D eigenvalue weighted by Crippen LogP contribution is 2.23. The van der Waals surface area contributed by atoms with Crippen molar-refractivity contribution in [2.75, 3.05) is 0 Å². The van der Waals surface area contributed by atoms with Crippen LogP contribution in [0.3, 0.4) is 0 Å². The van der Waals surface area contributed by atoms with E-state index in [9.17, 15) is 0 Å². The molecule has 0 aliphatic carbocycles.